The van der Waals surface area contributed by atoms with E-state index in [-0.39, 0.29) is 17.2 Å². The molecule has 1 aliphatic heterocycles. The van der Waals surface area contributed by atoms with Crippen LogP contribution in [0.5, 0.6) is 0 Å². The van der Waals surface area contributed by atoms with Gasteiger partial charge in [-0.05, 0) is 23.8 Å². The third-order valence-electron chi connectivity index (χ3n) is 4.48. The molecule has 0 aliphatic carbocycles. The number of carboxylic acid groups (broad SMARTS) is 1. The molecule has 1 aromatic carbocycles. The Kier molecular flexibility index (Phi) is 4.19. The van der Waals surface area contributed by atoms with Gasteiger partial charge in [0.15, 0.2) is 5.76 Å². The molecule has 2 heterocycles. The first kappa shape index (κ1) is 15.3. The van der Waals surface area contributed by atoms with E-state index in [4.69, 9.17) is 9.52 Å². The molecule has 2 aromatic rings. The Labute approximate surface area is 134 Å². The highest BCUT2D eigenvalue weighted by molar-refractivity contribution is 5.95. The highest BCUT2D eigenvalue weighted by atomic mass is 16.4. The van der Waals surface area contributed by atoms with Gasteiger partial charge in [0.25, 0.3) is 5.91 Å². The monoisotopic (exact) mass is 313 g/mol. The smallest absolute Gasteiger partial charge is 0.338 e. The van der Waals surface area contributed by atoms with E-state index in [0.29, 0.717) is 24.9 Å². The summed E-state index contributed by atoms with van der Waals surface area (Å²) in [5, 5.41) is 8.91. The maximum Gasteiger partial charge on any atom is 0.338 e. The van der Waals surface area contributed by atoms with Crippen LogP contribution in [0.2, 0.25) is 0 Å². The number of carbonyl (C=O) groups is 2. The predicted octanol–water partition coefficient (Wildman–Crippen LogP) is 3.24. The van der Waals surface area contributed by atoms with Gasteiger partial charge in [-0.3, -0.25) is 4.79 Å². The lowest BCUT2D eigenvalue weighted by Gasteiger charge is -2.36. The predicted molar refractivity (Wildman–Crippen MR) is 84.5 cm³/mol. The van der Waals surface area contributed by atoms with Crippen LogP contribution in [-0.4, -0.2) is 35.0 Å². The van der Waals surface area contributed by atoms with Gasteiger partial charge in [-0.15, -0.1) is 0 Å². The van der Waals surface area contributed by atoms with Crippen molar-refractivity contribution in [3.05, 3.63) is 59.5 Å². The molecular weight excluding hydrogens is 294 g/mol. The van der Waals surface area contributed by atoms with Gasteiger partial charge in [-0.2, -0.15) is 0 Å². The molecule has 1 fully saturated rings. The van der Waals surface area contributed by atoms with E-state index in [9.17, 15) is 9.59 Å². The minimum atomic E-state index is -1.09. The lowest BCUT2D eigenvalue weighted by atomic mass is 9.81. The number of rotatable bonds is 3. The summed E-state index contributed by atoms with van der Waals surface area (Å²) in [6, 6.07) is 11.6. The van der Waals surface area contributed by atoms with Crippen molar-refractivity contribution in [3.8, 4) is 0 Å². The van der Waals surface area contributed by atoms with Gasteiger partial charge in [0, 0.05) is 19.2 Å². The van der Waals surface area contributed by atoms with Crippen molar-refractivity contribution in [3.63, 3.8) is 0 Å². The Morgan fingerprint density at radius 2 is 2.00 bits per heavy atom. The third-order valence-corrected chi connectivity index (χ3v) is 4.48. The lowest BCUT2D eigenvalue weighted by Crippen LogP contribution is -2.42. The van der Waals surface area contributed by atoms with Gasteiger partial charge in [0.1, 0.15) is 6.26 Å². The van der Waals surface area contributed by atoms with Crippen molar-refractivity contribution in [2.75, 3.05) is 13.1 Å². The van der Waals surface area contributed by atoms with Gasteiger partial charge in [0.05, 0.1) is 5.56 Å². The summed E-state index contributed by atoms with van der Waals surface area (Å²) < 4.78 is 5.12. The summed E-state index contributed by atoms with van der Waals surface area (Å²) in [4.78, 5) is 25.1. The van der Waals surface area contributed by atoms with Crippen LogP contribution in [-0.2, 0) is 0 Å². The van der Waals surface area contributed by atoms with Crippen LogP contribution in [0.1, 0.15) is 45.7 Å². The standard InChI is InChI=1S/C18H19NO4/c1-12-10-19(8-7-15(12)13-5-3-2-4-6-13)17(20)16-9-14(11-23-16)18(21)22/h2-6,9,11-12,15H,7-8,10H2,1H3,(H,21,22). The molecule has 1 amide bonds. The van der Waals surface area contributed by atoms with Gasteiger partial charge in [-0.1, -0.05) is 37.3 Å². The number of amides is 1. The van der Waals surface area contributed by atoms with Crippen molar-refractivity contribution >= 4 is 11.9 Å². The molecule has 0 radical (unpaired) electrons. The Hall–Kier alpha value is -2.56. The van der Waals surface area contributed by atoms with Crippen LogP contribution >= 0.6 is 0 Å². The molecule has 0 saturated carbocycles. The van der Waals surface area contributed by atoms with Crippen molar-refractivity contribution in [1.29, 1.82) is 0 Å². The normalized spacial score (nSPS) is 21.2. The van der Waals surface area contributed by atoms with E-state index in [1.807, 2.05) is 18.2 Å². The quantitative estimate of drug-likeness (QED) is 0.944. The Morgan fingerprint density at radius 1 is 1.26 bits per heavy atom. The molecule has 5 nitrogen and oxygen atoms in total. The number of piperidine rings is 1. The zero-order valence-electron chi connectivity index (χ0n) is 12.9. The number of carboxylic acids is 1. The van der Waals surface area contributed by atoms with Crippen molar-refractivity contribution in [2.24, 2.45) is 5.92 Å². The van der Waals surface area contributed by atoms with Crippen LogP contribution < -0.4 is 0 Å². The first-order valence-electron chi connectivity index (χ1n) is 7.72. The summed E-state index contributed by atoms with van der Waals surface area (Å²) in [5.41, 5.74) is 1.30. The Balaban J connectivity index is 1.69. The maximum atomic E-state index is 12.5. The number of furan rings is 1. The zero-order valence-corrected chi connectivity index (χ0v) is 12.9. The van der Waals surface area contributed by atoms with Gasteiger partial charge < -0.3 is 14.4 Å². The largest absolute Gasteiger partial charge is 0.478 e. The lowest BCUT2D eigenvalue weighted by molar-refractivity contribution is 0.0628. The number of benzene rings is 1. The molecule has 1 N–H and O–H groups in total. The van der Waals surface area contributed by atoms with Crippen LogP contribution in [0.3, 0.4) is 0 Å². The third kappa shape index (κ3) is 3.13. The molecule has 0 bridgehead atoms. The minimum absolute atomic E-state index is 0.000528. The van der Waals surface area contributed by atoms with E-state index in [1.165, 1.54) is 11.6 Å². The fourth-order valence-electron chi connectivity index (χ4n) is 3.24. The van der Waals surface area contributed by atoms with Gasteiger partial charge >= 0.3 is 5.97 Å². The minimum Gasteiger partial charge on any atom is -0.478 e. The molecule has 5 heteroatoms. The van der Waals surface area contributed by atoms with Crippen LogP contribution in [0.25, 0.3) is 0 Å². The number of likely N-dealkylation sites (tertiary alicyclic amines) is 1. The van der Waals surface area contributed by atoms with Crippen molar-refractivity contribution in [1.82, 2.24) is 4.90 Å². The Bertz CT molecular complexity index is 707. The van der Waals surface area contributed by atoms with Crippen LogP contribution in [0, 0.1) is 5.92 Å². The second kappa shape index (κ2) is 6.28. The zero-order chi connectivity index (χ0) is 16.4. The van der Waals surface area contributed by atoms with Crippen molar-refractivity contribution in [2.45, 2.75) is 19.3 Å². The molecular formula is C18H19NO4. The summed E-state index contributed by atoms with van der Waals surface area (Å²) in [5.74, 6) is -0.469. The highest BCUT2D eigenvalue weighted by Gasteiger charge is 2.31. The molecule has 2 unspecified atom stereocenters. The van der Waals surface area contributed by atoms with Gasteiger partial charge in [0.2, 0.25) is 0 Å². The van der Waals surface area contributed by atoms with Crippen molar-refractivity contribution < 1.29 is 19.1 Å². The molecule has 3 rings (SSSR count). The summed E-state index contributed by atoms with van der Waals surface area (Å²) in [6.07, 6.45) is 2.00. The summed E-state index contributed by atoms with van der Waals surface area (Å²) in [6.45, 7) is 3.43. The number of hydrogen-bond acceptors (Lipinski definition) is 3. The summed E-state index contributed by atoms with van der Waals surface area (Å²) in [7, 11) is 0. The van der Waals surface area contributed by atoms with E-state index in [0.717, 1.165) is 12.7 Å². The molecule has 0 spiro atoms. The fourth-order valence-corrected chi connectivity index (χ4v) is 3.24. The maximum absolute atomic E-state index is 12.5. The average Bonchev–Trinajstić information content (AvgIpc) is 3.05. The number of carbonyl (C=O) groups excluding carboxylic acids is 1. The second-order valence-electron chi connectivity index (χ2n) is 6.04. The first-order valence-corrected chi connectivity index (χ1v) is 7.72. The molecule has 1 saturated heterocycles. The molecule has 1 aromatic heterocycles. The topological polar surface area (TPSA) is 70.8 Å². The molecule has 1 aliphatic rings. The average molecular weight is 313 g/mol. The van der Waals surface area contributed by atoms with E-state index in [1.54, 1.807) is 4.90 Å². The van der Waals surface area contributed by atoms with E-state index in [2.05, 4.69) is 19.1 Å². The van der Waals surface area contributed by atoms with E-state index >= 15 is 0 Å². The molecule has 23 heavy (non-hydrogen) atoms. The molecule has 2 atom stereocenters. The number of aromatic carboxylic acids is 1. The SMILES string of the molecule is CC1CN(C(=O)c2cc(C(=O)O)co2)CCC1c1ccccc1. The fraction of sp³-hybridized carbons (Fsp3) is 0.333. The van der Waals surface area contributed by atoms with Crippen LogP contribution in [0.15, 0.2) is 47.1 Å². The number of nitrogens with zero attached hydrogens (tertiary/aromatic N) is 1. The number of hydrogen-bond donors (Lipinski definition) is 1. The second-order valence-corrected chi connectivity index (χ2v) is 6.04. The Morgan fingerprint density at radius 3 is 2.61 bits per heavy atom. The van der Waals surface area contributed by atoms with E-state index < -0.39 is 5.97 Å². The molecule has 120 valence electrons. The summed E-state index contributed by atoms with van der Waals surface area (Å²) >= 11 is 0. The van der Waals surface area contributed by atoms with Gasteiger partial charge in [-0.25, -0.2) is 4.79 Å². The highest BCUT2D eigenvalue weighted by Crippen LogP contribution is 2.33. The first-order chi connectivity index (χ1) is 11.1. The van der Waals surface area contributed by atoms with Crippen LogP contribution in [0.4, 0.5) is 0 Å².